The summed E-state index contributed by atoms with van der Waals surface area (Å²) >= 11 is 0. The van der Waals surface area contributed by atoms with Gasteiger partial charge >= 0.3 is 0 Å². The van der Waals surface area contributed by atoms with Gasteiger partial charge in [-0.05, 0) is 23.2 Å². The maximum absolute atomic E-state index is 2.35. The molecule has 0 heterocycles. The Kier molecular flexibility index (Phi) is 3.16. The third-order valence-corrected chi connectivity index (χ3v) is 2.40. The average Bonchev–Trinajstić information content (AvgIpc) is 1.56. The molecule has 0 rings (SSSR count). The summed E-state index contributed by atoms with van der Waals surface area (Å²) in [6.07, 6.45) is 1.32. The van der Waals surface area contributed by atoms with Gasteiger partial charge in [-0.3, -0.25) is 0 Å². The zero-order valence-corrected chi connectivity index (χ0v) is 9.28. The van der Waals surface area contributed by atoms with Gasteiger partial charge in [-0.25, -0.2) is 0 Å². The normalized spacial score (nSPS) is 16.6. The Morgan fingerprint density at radius 1 is 0.909 bits per heavy atom. The maximum Gasteiger partial charge on any atom is -0.0357 e. The summed E-state index contributed by atoms with van der Waals surface area (Å²) in [6.45, 7) is 16.3. The highest BCUT2D eigenvalue weighted by Crippen LogP contribution is 2.35. The molecule has 0 aliphatic rings. The lowest BCUT2D eigenvalue weighted by atomic mass is 9.73. The molecule has 68 valence electrons. The predicted octanol–water partition coefficient (Wildman–Crippen LogP) is 4.10. The molecule has 0 aliphatic heterocycles. The standard InChI is InChI=1S/C11H24/c1-9(11(5,6)7)8-10(2,3)4/h9H,8H2,1-7H3/t9-/m1/s1. The minimum atomic E-state index is 0.466. The van der Waals surface area contributed by atoms with Crippen molar-refractivity contribution < 1.29 is 0 Å². The van der Waals surface area contributed by atoms with Gasteiger partial charge in [0, 0.05) is 0 Å². The summed E-state index contributed by atoms with van der Waals surface area (Å²) in [4.78, 5) is 0. The largest absolute Gasteiger partial charge is 0.0620 e. The predicted molar refractivity (Wildman–Crippen MR) is 52.7 cm³/mol. The highest BCUT2D eigenvalue weighted by molar-refractivity contribution is 4.75. The van der Waals surface area contributed by atoms with Gasteiger partial charge in [0.1, 0.15) is 0 Å². The lowest BCUT2D eigenvalue weighted by Gasteiger charge is -2.32. The summed E-state index contributed by atoms with van der Waals surface area (Å²) in [5, 5.41) is 0. The summed E-state index contributed by atoms with van der Waals surface area (Å²) in [5.74, 6) is 0.808. The van der Waals surface area contributed by atoms with E-state index in [1.165, 1.54) is 6.42 Å². The molecule has 0 radical (unpaired) electrons. The Morgan fingerprint density at radius 3 is 1.36 bits per heavy atom. The Hall–Kier alpha value is 0. The highest BCUT2D eigenvalue weighted by Gasteiger charge is 2.24. The average molecular weight is 156 g/mol. The second kappa shape index (κ2) is 3.16. The van der Waals surface area contributed by atoms with Crippen LogP contribution in [0.25, 0.3) is 0 Å². The second-order valence-corrected chi connectivity index (χ2v) is 6.03. The molecule has 0 nitrogen and oxygen atoms in total. The Morgan fingerprint density at radius 2 is 1.27 bits per heavy atom. The van der Waals surface area contributed by atoms with Crippen LogP contribution in [0.5, 0.6) is 0 Å². The van der Waals surface area contributed by atoms with E-state index in [0.717, 1.165) is 5.92 Å². The first kappa shape index (κ1) is 11.0. The molecule has 0 fully saturated rings. The molecule has 0 N–H and O–H groups in total. The molecule has 0 heteroatoms. The van der Waals surface area contributed by atoms with E-state index < -0.39 is 0 Å². The minimum Gasteiger partial charge on any atom is -0.0620 e. The monoisotopic (exact) mass is 156 g/mol. The van der Waals surface area contributed by atoms with Crippen molar-refractivity contribution in [3.05, 3.63) is 0 Å². The Bertz CT molecular complexity index is 109. The molecule has 0 amide bonds. The summed E-state index contributed by atoms with van der Waals surface area (Å²) in [5.41, 5.74) is 0.944. The van der Waals surface area contributed by atoms with E-state index in [4.69, 9.17) is 0 Å². The van der Waals surface area contributed by atoms with Crippen LogP contribution in [0.15, 0.2) is 0 Å². The molecule has 0 bridgehead atoms. The van der Waals surface area contributed by atoms with Crippen LogP contribution in [-0.4, -0.2) is 0 Å². The number of hydrogen-bond donors (Lipinski definition) is 0. The molecule has 11 heavy (non-hydrogen) atoms. The quantitative estimate of drug-likeness (QED) is 0.536. The second-order valence-electron chi connectivity index (χ2n) is 6.03. The lowest BCUT2D eigenvalue weighted by Crippen LogP contribution is -2.22. The first-order valence-corrected chi connectivity index (χ1v) is 4.63. The summed E-state index contributed by atoms with van der Waals surface area (Å²) < 4.78 is 0. The van der Waals surface area contributed by atoms with Crippen LogP contribution in [0.3, 0.4) is 0 Å². The van der Waals surface area contributed by atoms with Gasteiger partial charge in [0.2, 0.25) is 0 Å². The van der Waals surface area contributed by atoms with Gasteiger partial charge in [-0.15, -0.1) is 0 Å². The summed E-state index contributed by atoms with van der Waals surface area (Å²) in [6, 6.07) is 0. The summed E-state index contributed by atoms with van der Waals surface area (Å²) in [7, 11) is 0. The third-order valence-electron chi connectivity index (χ3n) is 2.40. The van der Waals surface area contributed by atoms with Gasteiger partial charge < -0.3 is 0 Å². The Labute approximate surface area is 72.4 Å². The van der Waals surface area contributed by atoms with Crippen LogP contribution >= 0.6 is 0 Å². The molecule has 0 aromatic carbocycles. The van der Waals surface area contributed by atoms with Gasteiger partial charge in [0.15, 0.2) is 0 Å². The molecule has 0 spiro atoms. The van der Waals surface area contributed by atoms with E-state index in [2.05, 4.69) is 48.5 Å². The van der Waals surface area contributed by atoms with E-state index in [9.17, 15) is 0 Å². The van der Waals surface area contributed by atoms with Crippen molar-refractivity contribution in [1.29, 1.82) is 0 Å². The fourth-order valence-corrected chi connectivity index (χ4v) is 1.22. The molecular formula is C11H24. The van der Waals surface area contributed by atoms with Crippen molar-refractivity contribution in [2.75, 3.05) is 0 Å². The van der Waals surface area contributed by atoms with Crippen LogP contribution in [0.1, 0.15) is 54.9 Å². The van der Waals surface area contributed by atoms with Crippen molar-refractivity contribution >= 4 is 0 Å². The zero-order chi connectivity index (χ0) is 9.28. The van der Waals surface area contributed by atoms with E-state index in [1.54, 1.807) is 0 Å². The van der Waals surface area contributed by atoms with E-state index in [0.29, 0.717) is 10.8 Å². The van der Waals surface area contributed by atoms with E-state index in [1.807, 2.05) is 0 Å². The molecule has 0 aromatic heterocycles. The first-order chi connectivity index (χ1) is 4.63. The first-order valence-electron chi connectivity index (χ1n) is 4.63. The molecular weight excluding hydrogens is 132 g/mol. The fourth-order valence-electron chi connectivity index (χ4n) is 1.22. The van der Waals surface area contributed by atoms with Crippen LogP contribution in [0, 0.1) is 16.7 Å². The van der Waals surface area contributed by atoms with E-state index >= 15 is 0 Å². The van der Waals surface area contributed by atoms with Crippen LogP contribution < -0.4 is 0 Å². The van der Waals surface area contributed by atoms with Crippen molar-refractivity contribution in [2.45, 2.75) is 54.9 Å². The van der Waals surface area contributed by atoms with Crippen molar-refractivity contribution in [3.8, 4) is 0 Å². The van der Waals surface area contributed by atoms with Gasteiger partial charge in [0.25, 0.3) is 0 Å². The maximum atomic E-state index is 2.35. The lowest BCUT2D eigenvalue weighted by molar-refractivity contribution is 0.182. The molecule has 0 saturated heterocycles. The molecule has 0 aliphatic carbocycles. The molecule has 0 unspecified atom stereocenters. The van der Waals surface area contributed by atoms with Crippen molar-refractivity contribution in [3.63, 3.8) is 0 Å². The van der Waals surface area contributed by atoms with E-state index in [-0.39, 0.29) is 0 Å². The molecule has 1 atom stereocenters. The van der Waals surface area contributed by atoms with Crippen LogP contribution in [-0.2, 0) is 0 Å². The number of rotatable bonds is 1. The van der Waals surface area contributed by atoms with Gasteiger partial charge in [-0.1, -0.05) is 48.5 Å². The third kappa shape index (κ3) is 5.29. The van der Waals surface area contributed by atoms with Crippen molar-refractivity contribution in [1.82, 2.24) is 0 Å². The number of hydrogen-bond acceptors (Lipinski definition) is 0. The van der Waals surface area contributed by atoms with Crippen molar-refractivity contribution in [2.24, 2.45) is 16.7 Å². The smallest absolute Gasteiger partial charge is 0.0357 e. The zero-order valence-electron chi connectivity index (χ0n) is 9.28. The minimum absolute atomic E-state index is 0.466. The fraction of sp³-hybridized carbons (Fsp3) is 1.00. The van der Waals surface area contributed by atoms with Crippen LogP contribution in [0.4, 0.5) is 0 Å². The SMILES string of the molecule is C[C@H](CC(C)(C)C)C(C)(C)C. The van der Waals surface area contributed by atoms with Crippen LogP contribution in [0.2, 0.25) is 0 Å². The highest BCUT2D eigenvalue weighted by atomic mass is 14.3. The van der Waals surface area contributed by atoms with Gasteiger partial charge in [-0.2, -0.15) is 0 Å². The Balaban J connectivity index is 3.99. The molecule has 0 saturated carbocycles. The topological polar surface area (TPSA) is 0 Å². The van der Waals surface area contributed by atoms with Gasteiger partial charge in [0.05, 0.1) is 0 Å². The molecule has 0 aromatic rings.